The second kappa shape index (κ2) is 4.64. The molecular formula is C13H20N2O. The first-order chi connectivity index (χ1) is 7.74. The average Bonchev–Trinajstić information content (AvgIpc) is 2.48. The number of methoxy groups -OCH3 is 1. The molecule has 0 aliphatic carbocycles. The Balaban J connectivity index is 2.37. The maximum atomic E-state index is 5.29. The first kappa shape index (κ1) is 11.1. The number of benzene rings is 1. The molecule has 1 unspecified atom stereocenters. The van der Waals surface area contributed by atoms with Crippen LogP contribution in [0, 0.1) is 5.92 Å². The van der Waals surface area contributed by atoms with Crippen molar-refractivity contribution < 1.29 is 4.74 Å². The van der Waals surface area contributed by atoms with Crippen molar-refractivity contribution in [2.24, 2.45) is 5.92 Å². The third-order valence-corrected chi connectivity index (χ3v) is 3.10. The minimum Gasteiger partial charge on any atom is -0.497 e. The molecule has 2 rings (SSSR count). The summed E-state index contributed by atoms with van der Waals surface area (Å²) in [5, 5.41) is 3.49. The largest absolute Gasteiger partial charge is 0.497 e. The normalized spacial score (nSPS) is 19.7. The van der Waals surface area contributed by atoms with Crippen LogP contribution in [0.4, 0.5) is 11.4 Å². The molecule has 1 aliphatic rings. The fourth-order valence-electron chi connectivity index (χ4n) is 2.17. The molecule has 88 valence electrons. The molecule has 0 fully saturated rings. The Morgan fingerprint density at radius 1 is 1.50 bits per heavy atom. The molecule has 0 radical (unpaired) electrons. The highest BCUT2D eigenvalue weighted by atomic mass is 16.5. The van der Waals surface area contributed by atoms with Crippen LogP contribution >= 0.6 is 0 Å². The van der Waals surface area contributed by atoms with Gasteiger partial charge in [0.2, 0.25) is 0 Å². The Hall–Kier alpha value is -1.38. The van der Waals surface area contributed by atoms with Gasteiger partial charge >= 0.3 is 0 Å². The molecule has 0 spiro atoms. The van der Waals surface area contributed by atoms with Crippen LogP contribution in [0.5, 0.6) is 5.75 Å². The van der Waals surface area contributed by atoms with E-state index >= 15 is 0 Å². The zero-order valence-corrected chi connectivity index (χ0v) is 10.3. The highest BCUT2D eigenvalue weighted by molar-refractivity contribution is 5.72. The Bertz CT molecular complexity index is 365. The van der Waals surface area contributed by atoms with Gasteiger partial charge in [-0.3, -0.25) is 0 Å². The van der Waals surface area contributed by atoms with Crippen molar-refractivity contribution in [3.8, 4) is 5.75 Å². The SMILES string of the molecule is CCN1CC(C)CNc2ccc(OC)cc21. The molecule has 0 saturated carbocycles. The van der Waals surface area contributed by atoms with Gasteiger partial charge in [-0.1, -0.05) is 6.92 Å². The summed E-state index contributed by atoms with van der Waals surface area (Å²) in [4.78, 5) is 2.41. The molecule has 0 bridgehead atoms. The highest BCUT2D eigenvalue weighted by Gasteiger charge is 2.18. The van der Waals surface area contributed by atoms with E-state index < -0.39 is 0 Å². The third kappa shape index (κ3) is 2.08. The summed E-state index contributed by atoms with van der Waals surface area (Å²) < 4.78 is 5.29. The molecule has 0 aromatic heterocycles. The van der Waals surface area contributed by atoms with Crippen molar-refractivity contribution >= 4 is 11.4 Å². The first-order valence-corrected chi connectivity index (χ1v) is 5.91. The molecule has 1 aliphatic heterocycles. The minimum absolute atomic E-state index is 0.665. The van der Waals surface area contributed by atoms with E-state index in [0.717, 1.165) is 25.4 Å². The van der Waals surface area contributed by atoms with Gasteiger partial charge < -0.3 is 15.0 Å². The molecule has 1 N–H and O–H groups in total. The number of nitrogens with zero attached hydrogens (tertiary/aromatic N) is 1. The van der Waals surface area contributed by atoms with Crippen LogP contribution in [0.25, 0.3) is 0 Å². The van der Waals surface area contributed by atoms with Crippen molar-refractivity contribution in [3.63, 3.8) is 0 Å². The molecule has 3 heteroatoms. The summed E-state index contributed by atoms with van der Waals surface area (Å²) in [6.07, 6.45) is 0. The molecule has 1 atom stereocenters. The van der Waals surface area contributed by atoms with Crippen molar-refractivity contribution in [1.29, 1.82) is 0 Å². The van der Waals surface area contributed by atoms with E-state index in [9.17, 15) is 0 Å². The van der Waals surface area contributed by atoms with Gasteiger partial charge in [0.25, 0.3) is 0 Å². The van der Waals surface area contributed by atoms with E-state index in [0.29, 0.717) is 5.92 Å². The molecule has 3 nitrogen and oxygen atoms in total. The molecule has 0 saturated heterocycles. The van der Waals surface area contributed by atoms with Crippen LogP contribution in [0.3, 0.4) is 0 Å². The second-order valence-electron chi connectivity index (χ2n) is 4.41. The monoisotopic (exact) mass is 220 g/mol. The summed E-state index contributed by atoms with van der Waals surface area (Å²) in [6.45, 7) is 7.64. The Labute approximate surface area is 97.4 Å². The summed E-state index contributed by atoms with van der Waals surface area (Å²) in [6, 6.07) is 6.23. The van der Waals surface area contributed by atoms with Crippen LogP contribution in [0.2, 0.25) is 0 Å². The zero-order chi connectivity index (χ0) is 11.5. The minimum atomic E-state index is 0.665. The molecule has 0 amide bonds. The summed E-state index contributed by atoms with van der Waals surface area (Å²) in [5.41, 5.74) is 2.47. The number of anilines is 2. The van der Waals surface area contributed by atoms with Gasteiger partial charge in [-0.25, -0.2) is 0 Å². The lowest BCUT2D eigenvalue weighted by Crippen LogP contribution is -2.28. The summed E-state index contributed by atoms with van der Waals surface area (Å²) in [7, 11) is 1.71. The molecular weight excluding hydrogens is 200 g/mol. The van der Waals surface area contributed by atoms with Gasteiger partial charge in [-0.15, -0.1) is 0 Å². The lowest BCUT2D eigenvalue weighted by molar-refractivity contribution is 0.415. The van der Waals surface area contributed by atoms with Crippen LogP contribution < -0.4 is 15.0 Å². The van der Waals surface area contributed by atoms with E-state index in [1.165, 1.54) is 11.4 Å². The molecule has 1 aromatic carbocycles. The van der Waals surface area contributed by atoms with E-state index in [4.69, 9.17) is 4.74 Å². The van der Waals surface area contributed by atoms with Gasteiger partial charge in [0.1, 0.15) is 5.75 Å². The first-order valence-electron chi connectivity index (χ1n) is 5.91. The number of rotatable bonds is 2. The average molecular weight is 220 g/mol. The van der Waals surface area contributed by atoms with Crippen LogP contribution in [-0.4, -0.2) is 26.7 Å². The lowest BCUT2D eigenvalue weighted by atomic mass is 10.2. The summed E-state index contributed by atoms with van der Waals surface area (Å²) >= 11 is 0. The number of hydrogen-bond donors (Lipinski definition) is 1. The molecule has 16 heavy (non-hydrogen) atoms. The van der Waals surface area contributed by atoms with Crippen LogP contribution in [-0.2, 0) is 0 Å². The second-order valence-corrected chi connectivity index (χ2v) is 4.41. The van der Waals surface area contributed by atoms with Gasteiger partial charge in [-0.05, 0) is 25.0 Å². The smallest absolute Gasteiger partial charge is 0.121 e. The lowest BCUT2D eigenvalue weighted by Gasteiger charge is -2.24. The van der Waals surface area contributed by atoms with Crippen molar-refractivity contribution in [2.45, 2.75) is 13.8 Å². The van der Waals surface area contributed by atoms with Gasteiger partial charge in [0.15, 0.2) is 0 Å². The van der Waals surface area contributed by atoms with Gasteiger partial charge in [0.05, 0.1) is 18.5 Å². The van der Waals surface area contributed by atoms with Crippen LogP contribution in [0.15, 0.2) is 18.2 Å². The Kier molecular flexibility index (Phi) is 3.22. The topological polar surface area (TPSA) is 24.5 Å². The Morgan fingerprint density at radius 2 is 2.31 bits per heavy atom. The number of nitrogens with one attached hydrogen (secondary N) is 1. The number of hydrogen-bond acceptors (Lipinski definition) is 3. The standard InChI is InChI=1S/C13H20N2O/c1-4-15-9-10(2)8-14-12-6-5-11(16-3)7-13(12)15/h5-7,10,14H,4,8-9H2,1-3H3. The maximum Gasteiger partial charge on any atom is 0.121 e. The van der Waals surface area contributed by atoms with Crippen LogP contribution in [0.1, 0.15) is 13.8 Å². The third-order valence-electron chi connectivity index (χ3n) is 3.10. The van der Waals surface area contributed by atoms with Crippen molar-refractivity contribution in [2.75, 3.05) is 37.0 Å². The van der Waals surface area contributed by atoms with E-state index in [2.05, 4.69) is 36.2 Å². The summed E-state index contributed by atoms with van der Waals surface area (Å²) in [5.74, 6) is 1.59. The predicted molar refractivity (Wildman–Crippen MR) is 68.5 cm³/mol. The fourth-order valence-corrected chi connectivity index (χ4v) is 2.17. The number of fused-ring (bicyclic) bond motifs is 1. The van der Waals surface area contributed by atoms with E-state index in [1.54, 1.807) is 7.11 Å². The Morgan fingerprint density at radius 3 is 3.00 bits per heavy atom. The fraction of sp³-hybridized carbons (Fsp3) is 0.538. The maximum absolute atomic E-state index is 5.29. The van der Waals surface area contributed by atoms with Crippen molar-refractivity contribution in [1.82, 2.24) is 0 Å². The van der Waals surface area contributed by atoms with E-state index in [1.807, 2.05) is 6.07 Å². The van der Waals surface area contributed by atoms with Gasteiger partial charge in [-0.2, -0.15) is 0 Å². The highest BCUT2D eigenvalue weighted by Crippen LogP contribution is 2.32. The van der Waals surface area contributed by atoms with Gasteiger partial charge in [0, 0.05) is 25.7 Å². The quantitative estimate of drug-likeness (QED) is 0.829. The predicted octanol–water partition coefficient (Wildman–Crippen LogP) is 2.58. The molecule has 1 heterocycles. The van der Waals surface area contributed by atoms with Crippen molar-refractivity contribution in [3.05, 3.63) is 18.2 Å². The zero-order valence-electron chi connectivity index (χ0n) is 10.3. The molecule has 1 aromatic rings. The number of ether oxygens (including phenoxy) is 1. The van der Waals surface area contributed by atoms with E-state index in [-0.39, 0.29) is 0 Å².